The van der Waals surface area contributed by atoms with E-state index >= 15 is 0 Å². The van der Waals surface area contributed by atoms with Crippen molar-refractivity contribution in [1.29, 1.82) is 0 Å². The van der Waals surface area contributed by atoms with Crippen LogP contribution in [0, 0.1) is 0 Å². The monoisotopic (exact) mass is 245 g/mol. The van der Waals surface area contributed by atoms with Crippen molar-refractivity contribution in [2.75, 3.05) is 23.8 Å². The summed E-state index contributed by atoms with van der Waals surface area (Å²) in [7, 11) is 0. The lowest BCUT2D eigenvalue weighted by Crippen LogP contribution is -2.38. The molecule has 18 heavy (non-hydrogen) atoms. The van der Waals surface area contributed by atoms with Crippen molar-refractivity contribution >= 4 is 17.5 Å². The normalized spacial score (nSPS) is 13.9. The van der Waals surface area contributed by atoms with Crippen LogP contribution < -0.4 is 15.4 Å². The molecule has 1 aliphatic rings. The van der Waals surface area contributed by atoms with Gasteiger partial charge in [0, 0.05) is 6.07 Å². The third-order valence-corrected chi connectivity index (χ3v) is 2.72. The van der Waals surface area contributed by atoms with Gasteiger partial charge in [-0.05, 0) is 12.1 Å². The maximum atomic E-state index is 12.3. The van der Waals surface area contributed by atoms with E-state index in [9.17, 15) is 4.79 Å². The predicted octanol–water partition coefficient (Wildman–Crippen LogP) is 1.30. The lowest BCUT2D eigenvalue weighted by molar-refractivity contribution is 0.0968. The minimum absolute atomic E-state index is 0.125. The smallest absolute Gasteiger partial charge is 0.280 e. The minimum Gasteiger partial charge on any atom is -0.490 e. The Morgan fingerprint density at radius 2 is 2.22 bits per heavy atom. The molecule has 1 aromatic heterocycles. The van der Waals surface area contributed by atoms with Crippen LogP contribution >= 0.6 is 0 Å². The lowest BCUT2D eigenvalue weighted by Gasteiger charge is -2.28. The molecule has 0 bridgehead atoms. The number of hydrogen-bond donors (Lipinski definition) is 1. The van der Waals surface area contributed by atoms with Gasteiger partial charge in [-0.15, -0.1) is 0 Å². The highest BCUT2D eigenvalue weighted by atomic mass is 16.5. The number of aromatic nitrogens is 1. The third kappa shape index (κ3) is 1.67. The molecule has 0 spiro atoms. The van der Waals surface area contributed by atoms with Crippen molar-refractivity contribution in [3.05, 3.63) is 36.0 Å². The van der Waals surface area contributed by atoms with Gasteiger partial charge >= 0.3 is 0 Å². The van der Waals surface area contributed by atoms with Gasteiger partial charge in [-0.2, -0.15) is 0 Å². The predicted molar refractivity (Wildman–Crippen MR) is 64.5 cm³/mol. The van der Waals surface area contributed by atoms with Crippen molar-refractivity contribution < 1.29 is 14.1 Å². The van der Waals surface area contributed by atoms with E-state index in [1.807, 2.05) is 24.3 Å². The van der Waals surface area contributed by atoms with E-state index in [0.29, 0.717) is 18.9 Å². The molecule has 1 amide bonds. The van der Waals surface area contributed by atoms with E-state index in [-0.39, 0.29) is 17.5 Å². The third-order valence-electron chi connectivity index (χ3n) is 2.72. The summed E-state index contributed by atoms with van der Waals surface area (Å²) < 4.78 is 10.2. The number of ether oxygens (including phenoxy) is 1. The van der Waals surface area contributed by atoms with E-state index in [0.717, 1.165) is 5.69 Å². The number of amides is 1. The molecule has 0 atom stereocenters. The maximum absolute atomic E-state index is 12.3. The van der Waals surface area contributed by atoms with Gasteiger partial charge in [0.2, 0.25) is 5.88 Å². The Hall–Kier alpha value is -2.50. The Morgan fingerprint density at radius 1 is 1.39 bits per heavy atom. The summed E-state index contributed by atoms with van der Waals surface area (Å²) in [4.78, 5) is 13.9. The SMILES string of the molecule is Nc1cc(C(=O)N2CCOc3ccccc32)no1. The van der Waals surface area contributed by atoms with Crippen LogP contribution in [0.15, 0.2) is 34.9 Å². The Kier molecular flexibility index (Phi) is 2.40. The molecule has 1 aliphatic heterocycles. The molecule has 0 radical (unpaired) electrons. The van der Waals surface area contributed by atoms with Gasteiger partial charge in [0.25, 0.3) is 5.91 Å². The highest BCUT2D eigenvalue weighted by Gasteiger charge is 2.26. The van der Waals surface area contributed by atoms with Gasteiger partial charge in [-0.25, -0.2) is 0 Å². The van der Waals surface area contributed by atoms with Crippen molar-refractivity contribution in [1.82, 2.24) is 5.16 Å². The average Bonchev–Trinajstić information content (AvgIpc) is 2.84. The van der Waals surface area contributed by atoms with E-state index in [4.69, 9.17) is 15.0 Å². The van der Waals surface area contributed by atoms with E-state index in [2.05, 4.69) is 5.16 Å². The fourth-order valence-corrected chi connectivity index (χ4v) is 1.91. The number of anilines is 2. The highest BCUT2D eigenvalue weighted by Crippen LogP contribution is 2.31. The molecular weight excluding hydrogens is 234 g/mol. The van der Waals surface area contributed by atoms with Gasteiger partial charge in [0.15, 0.2) is 5.69 Å². The number of nitrogen functional groups attached to an aromatic ring is 1. The van der Waals surface area contributed by atoms with E-state index in [1.54, 1.807) is 4.90 Å². The molecule has 0 saturated heterocycles. The van der Waals surface area contributed by atoms with Gasteiger partial charge in [0.05, 0.1) is 12.2 Å². The first-order valence-electron chi connectivity index (χ1n) is 5.51. The first-order chi connectivity index (χ1) is 8.75. The Labute approximate surface area is 103 Å². The molecule has 0 saturated carbocycles. The first kappa shape index (κ1) is 10.6. The molecule has 1 aromatic carbocycles. The van der Waals surface area contributed by atoms with Crippen LogP contribution in [0.1, 0.15) is 10.5 Å². The van der Waals surface area contributed by atoms with Crippen LogP contribution in [-0.4, -0.2) is 24.2 Å². The second-order valence-corrected chi connectivity index (χ2v) is 3.89. The van der Waals surface area contributed by atoms with Crippen LogP contribution in [0.5, 0.6) is 5.75 Å². The van der Waals surface area contributed by atoms with Crippen molar-refractivity contribution in [2.45, 2.75) is 0 Å². The Balaban J connectivity index is 1.96. The van der Waals surface area contributed by atoms with Gasteiger partial charge in [0.1, 0.15) is 12.4 Å². The number of para-hydroxylation sites is 2. The molecule has 2 N–H and O–H groups in total. The first-order valence-corrected chi connectivity index (χ1v) is 5.51. The molecule has 2 aromatic rings. The summed E-state index contributed by atoms with van der Waals surface area (Å²) in [6.07, 6.45) is 0. The molecule has 6 nitrogen and oxygen atoms in total. The summed E-state index contributed by atoms with van der Waals surface area (Å²) in [5, 5.41) is 3.63. The van der Waals surface area contributed by atoms with Gasteiger partial charge < -0.3 is 15.0 Å². The number of nitrogens with two attached hydrogens (primary N) is 1. The van der Waals surface area contributed by atoms with Crippen LogP contribution in [0.4, 0.5) is 11.6 Å². The summed E-state index contributed by atoms with van der Waals surface area (Å²) in [5.74, 6) is 0.569. The largest absolute Gasteiger partial charge is 0.490 e. The second-order valence-electron chi connectivity index (χ2n) is 3.89. The molecule has 92 valence electrons. The number of benzene rings is 1. The number of fused-ring (bicyclic) bond motifs is 1. The topological polar surface area (TPSA) is 81.6 Å². The fraction of sp³-hybridized carbons (Fsp3) is 0.167. The number of nitrogens with zero attached hydrogens (tertiary/aromatic N) is 2. The molecule has 3 rings (SSSR count). The molecule has 0 aliphatic carbocycles. The Bertz CT molecular complexity index is 594. The summed E-state index contributed by atoms with van der Waals surface area (Å²) in [5.41, 5.74) is 6.35. The number of carbonyl (C=O) groups is 1. The van der Waals surface area contributed by atoms with Crippen molar-refractivity contribution in [2.24, 2.45) is 0 Å². The second kappa shape index (κ2) is 4.06. The van der Waals surface area contributed by atoms with Crippen molar-refractivity contribution in [3.63, 3.8) is 0 Å². The van der Waals surface area contributed by atoms with Crippen LogP contribution in [0.25, 0.3) is 0 Å². The highest BCUT2D eigenvalue weighted by molar-refractivity contribution is 6.06. The maximum Gasteiger partial charge on any atom is 0.280 e. The summed E-state index contributed by atoms with van der Waals surface area (Å²) in [6, 6.07) is 8.79. The zero-order valence-electron chi connectivity index (χ0n) is 9.50. The number of rotatable bonds is 1. The van der Waals surface area contributed by atoms with Crippen LogP contribution in [0.3, 0.4) is 0 Å². The summed E-state index contributed by atoms with van der Waals surface area (Å²) >= 11 is 0. The average molecular weight is 245 g/mol. The van der Waals surface area contributed by atoms with Crippen LogP contribution in [0.2, 0.25) is 0 Å². The van der Waals surface area contributed by atoms with E-state index < -0.39 is 0 Å². The van der Waals surface area contributed by atoms with Crippen molar-refractivity contribution in [3.8, 4) is 5.75 Å². The minimum atomic E-state index is -0.244. The number of carbonyl (C=O) groups excluding carboxylic acids is 1. The summed E-state index contributed by atoms with van der Waals surface area (Å²) in [6.45, 7) is 0.929. The Morgan fingerprint density at radius 3 is 3.00 bits per heavy atom. The van der Waals surface area contributed by atoms with E-state index in [1.165, 1.54) is 6.07 Å². The fourth-order valence-electron chi connectivity index (χ4n) is 1.91. The molecular formula is C12H11N3O3. The zero-order chi connectivity index (χ0) is 12.5. The molecule has 6 heteroatoms. The van der Waals surface area contributed by atoms with Crippen LogP contribution in [-0.2, 0) is 0 Å². The zero-order valence-corrected chi connectivity index (χ0v) is 9.50. The van der Waals surface area contributed by atoms with Gasteiger partial charge in [-0.3, -0.25) is 9.69 Å². The number of hydrogen-bond acceptors (Lipinski definition) is 5. The molecule has 0 unspecified atom stereocenters. The molecule has 2 heterocycles. The molecule has 0 fully saturated rings. The lowest BCUT2D eigenvalue weighted by atomic mass is 10.2. The van der Waals surface area contributed by atoms with Gasteiger partial charge in [-0.1, -0.05) is 17.3 Å². The quantitative estimate of drug-likeness (QED) is 0.818. The standard InChI is InChI=1S/C12H11N3O3/c13-11-7-8(14-18-11)12(16)15-5-6-17-10-4-2-1-3-9(10)15/h1-4,7H,5-6,13H2.